The maximum absolute atomic E-state index is 6.08. The second kappa shape index (κ2) is 6.12. The first-order chi connectivity index (χ1) is 8.74. The maximum atomic E-state index is 6.08. The number of rotatable bonds is 3. The van der Waals surface area contributed by atoms with Gasteiger partial charge in [-0.15, -0.1) is 12.4 Å². The monoisotopic (exact) mass is 283 g/mol. The van der Waals surface area contributed by atoms with Crippen molar-refractivity contribution < 1.29 is 9.47 Å². The highest BCUT2D eigenvalue weighted by molar-refractivity contribution is 5.85. The summed E-state index contributed by atoms with van der Waals surface area (Å²) in [5, 5.41) is 0. The van der Waals surface area contributed by atoms with E-state index in [0.29, 0.717) is 13.2 Å². The molecule has 1 heterocycles. The average Bonchev–Trinajstić information content (AvgIpc) is 3.19. The van der Waals surface area contributed by atoms with E-state index in [2.05, 4.69) is 18.2 Å². The molecule has 3 rings (SSSR count). The van der Waals surface area contributed by atoms with Gasteiger partial charge in [0.05, 0.1) is 6.61 Å². The molecule has 0 spiro atoms. The van der Waals surface area contributed by atoms with Gasteiger partial charge in [-0.1, -0.05) is 12.2 Å². The van der Waals surface area contributed by atoms with Crippen LogP contribution in [0.25, 0.3) is 0 Å². The molecular weight excluding hydrogens is 262 g/mol. The molecule has 3 nitrogen and oxygen atoms in total. The van der Waals surface area contributed by atoms with Crippen LogP contribution in [0.1, 0.15) is 26.2 Å². The number of halogens is 1. The molecule has 0 radical (unpaired) electrons. The van der Waals surface area contributed by atoms with Gasteiger partial charge in [-0.05, 0) is 42.9 Å². The predicted molar refractivity (Wildman–Crippen MR) is 78.2 cm³/mol. The highest BCUT2D eigenvalue weighted by atomic mass is 35.5. The fourth-order valence-electron chi connectivity index (χ4n) is 2.52. The van der Waals surface area contributed by atoms with Gasteiger partial charge >= 0.3 is 0 Å². The molecule has 19 heavy (non-hydrogen) atoms. The Morgan fingerprint density at radius 2 is 2.16 bits per heavy atom. The Bertz CT molecular complexity index is 422. The summed E-state index contributed by atoms with van der Waals surface area (Å²) in [7, 11) is 0. The van der Waals surface area contributed by atoms with Crippen LogP contribution in [0.5, 0.6) is 0 Å². The van der Waals surface area contributed by atoms with Gasteiger partial charge in [0.25, 0.3) is 0 Å². The van der Waals surface area contributed by atoms with Gasteiger partial charge in [0.2, 0.25) is 0 Å². The summed E-state index contributed by atoms with van der Waals surface area (Å²) >= 11 is 0. The summed E-state index contributed by atoms with van der Waals surface area (Å²) in [5.74, 6) is 1.76. The normalized spacial score (nSPS) is 28.3. The molecule has 0 aromatic carbocycles. The zero-order chi connectivity index (χ0) is 12.5. The van der Waals surface area contributed by atoms with E-state index < -0.39 is 0 Å². The van der Waals surface area contributed by atoms with Gasteiger partial charge in [0.1, 0.15) is 18.5 Å². The smallest absolute Gasteiger partial charge is 0.126 e. The molecule has 0 bridgehead atoms. The van der Waals surface area contributed by atoms with Crippen molar-refractivity contribution in [2.75, 3.05) is 13.2 Å². The van der Waals surface area contributed by atoms with Crippen molar-refractivity contribution in [3.8, 4) is 0 Å². The van der Waals surface area contributed by atoms with Crippen molar-refractivity contribution in [3.63, 3.8) is 0 Å². The second-order valence-electron chi connectivity index (χ2n) is 5.42. The Morgan fingerprint density at radius 3 is 2.84 bits per heavy atom. The third-order valence-electron chi connectivity index (χ3n) is 3.78. The van der Waals surface area contributed by atoms with E-state index in [1.165, 1.54) is 24.0 Å². The number of nitrogens with two attached hydrogens (primary N) is 1. The van der Waals surface area contributed by atoms with Crippen molar-refractivity contribution in [3.05, 3.63) is 35.1 Å². The lowest BCUT2D eigenvalue weighted by Gasteiger charge is -2.32. The van der Waals surface area contributed by atoms with Crippen molar-refractivity contribution in [2.24, 2.45) is 11.7 Å². The van der Waals surface area contributed by atoms with Gasteiger partial charge in [0, 0.05) is 12.5 Å². The van der Waals surface area contributed by atoms with E-state index in [1.807, 2.05) is 6.92 Å². The summed E-state index contributed by atoms with van der Waals surface area (Å²) in [5.41, 5.74) is 8.60. The van der Waals surface area contributed by atoms with Gasteiger partial charge < -0.3 is 15.2 Å². The van der Waals surface area contributed by atoms with Crippen molar-refractivity contribution >= 4 is 12.4 Å². The van der Waals surface area contributed by atoms with E-state index in [1.54, 1.807) is 0 Å². The second-order valence-corrected chi connectivity index (χ2v) is 5.42. The van der Waals surface area contributed by atoms with Crippen LogP contribution in [0.2, 0.25) is 0 Å². The minimum atomic E-state index is 0. The number of fused-ring (bicyclic) bond motifs is 1. The van der Waals surface area contributed by atoms with Crippen LogP contribution in [0, 0.1) is 5.92 Å². The molecule has 1 saturated heterocycles. The molecule has 0 aromatic rings. The first-order valence-electron chi connectivity index (χ1n) is 6.87. The van der Waals surface area contributed by atoms with E-state index in [-0.39, 0.29) is 24.6 Å². The largest absolute Gasteiger partial charge is 0.493 e. The summed E-state index contributed by atoms with van der Waals surface area (Å²) in [6.07, 6.45) is 10.2. The lowest BCUT2D eigenvalue weighted by Crippen LogP contribution is -2.33. The molecule has 1 aliphatic heterocycles. The molecule has 2 fully saturated rings. The Kier molecular flexibility index (Phi) is 4.71. The average molecular weight is 284 g/mol. The molecular formula is C15H22ClNO2. The molecule has 1 unspecified atom stereocenters. The van der Waals surface area contributed by atoms with Crippen LogP contribution >= 0.6 is 12.4 Å². The van der Waals surface area contributed by atoms with Crippen LogP contribution in [-0.2, 0) is 9.47 Å². The van der Waals surface area contributed by atoms with Gasteiger partial charge in [-0.25, -0.2) is 0 Å². The van der Waals surface area contributed by atoms with Crippen molar-refractivity contribution in [1.82, 2.24) is 0 Å². The van der Waals surface area contributed by atoms with Crippen molar-refractivity contribution in [1.29, 1.82) is 0 Å². The molecule has 3 aliphatic rings. The van der Waals surface area contributed by atoms with Crippen LogP contribution in [0.3, 0.4) is 0 Å². The molecule has 0 amide bonds. The van der Waals surface area contributed by atoms with Crippen LogP contribution in [0.4, 0.5) is 0 Å². The van der Waals surface area contributed by atoms with Gasteiger partial charge in [-0.3, -0.25) is 0 Å². The summed E-state index contributed by atoms with van der Waals surface area (Å²) < 4.78 is 11.4. The quantitative estimate of drug-likeness (QED) is 0.866. The molecule has 4 heteroatoms. The first kappa shape index (κ1) is 14.6. The fourth-order valence-corrected chi connectivity index (χ4v) is 2.52. The summed E-state index contributed by atoms with van der Waals surface area (Å²) in [4.78, 5) is 0. The van der Waals surface area contributed by atoms with Crippen molar-refractivity contribution in [2.45, 2.75) is 38.3 Å². The van der Waals surface area contributed by atoms with E-state index in [0.717, 1.165) is 18.1 Å². The Labute approximate surface area is 120 Å². The standard InChI is InChI=1S/C15H21NO2.ClH/c1-10(16)13-9-15-14(17-6-7-18-15)8-12(13)5-4-11-2-3-11;/h4-5,8,10-11,15H,2-3,6-7,9,16H2,1H3;1H/b5-4+;/t10-,15?;/m0./s1. The van der Waals surface area contributed by atoms with E-state index in [4.69, 9.17) is 15.2 Å². The third-order valence-corrected chi connectivity index (χ3v) is 3.78. The Morgan fingerprint density at radius 1 is 1.37 bits per heavy atom. The lowest BCUT2D eigenvalue weighted by atomic mass is 9.89. The predicted octanol–water partition coefficient (Wildman–Crippen LogP) is 2.72. The molecule has 0 aromatic heterocycles. The van der Waals surface area contributed by atoms with Gasteiger partial charge in [0.15, 0.2) is 0 Å². The van der Waals surface area contributed by atoms with Crippen LogP contribution < -0.4 is 5.73 Å². The number of allylic oxidation sites excluding steroid dienone is 4. The van der Waals surface area contributed by atoms with Crippen LogP contribution in [0.15, 0.2) is 35.1 Å². The minimum absolute atomic E-state index is 0. The summed E-state index contributed by atoms with van der Waals surface area (Å²) in [6, 6.07) is 0.0761. The highest BCUT2D eigenvalue weighted by Crippen LogP contribution is 2.34. The fraction of sp³-hybridized carbons (Fsp3) is 0.600. The SMILES string of the molecule is C[C@H](N)C1=C(/C=C/C2CC2)C=C2OCCOC2C1.Cl. The first-order valence-corrected chi connectivity index (χ1v) is 6.87. The Hall–Kier alpha value is -0.770. The highest BCUT2D eigenvalue weighted by Gasteiger charge is 2.28. The Balaban J connectivity index is 0.00000133. The van der Waals surface area contributed by atoms with E-state index in [9.17, 15) is 0 Å². The number of hydrogen-bond acceptors (Lipinski definition) is 3. The lowest BCUT2D eigenvalue weighted by molar-refractivity contribution is -0.0433. The molecule has 2 N–H and O–H groups in total. The molecule has 1 saturated carbocycles. The zero-order valence-electron chi connectivity index (χ0n) is 11.3. The summed E-state index contributed by atoms with van der Waals surface area (Å²) in [6.45, 7) is 3.39. The molecule has 2 atom stereocenters. The zero-order valence-corrected chi connectivity index (χ0v) is 12.1. The number of hydrogen-bond donors (Lipinski definition) is 1. The third kappa shape index (κ3) is 3.41. The topological polar surface area (TPSA) is 44.5 Å². The molecule has 106 valence electrons. The maximum Gasteiger partial charge on any atom is 0.126 e. The van der Waals surface area contributed by atoms with Gasteiger partial charge in [-0.2, -0.15) is 0 Å². The van der Waals surface area contributed by atoms with Crippen LogP contribution in [-0.4, -0.2) is 25.4 Å². The van der Waals surface area contributed by atoms with E-state index >= 15 is 0 Å². The molecule has 2 aliphatic carbocycles. The number of ether oxygens (including phenoxy) is 2. The minimum Gasteiger partial charge on any atom is -0.493 e.